The molecule has 1 aromatic heterocycles. The second-order valence-electron chi connectivity index (χ2n) is 5.71. The van der Waals surface area contributed by atoms with Crippen LogP contribution >= 0.6 is 0 Å². The standard InChI is InChI=1S/C20H18N2O2/c1-14-8-9-19(15(2)11-14)21-13-18-7-4-10-22(18)17-6-3-5-16(12-17)20(23)24/h3-13H,1-2H3,(H,23,24). The van der Waals surface area contributed by atoms with Crippen LogP contribution in [0, 0.1) is 13.8 Å². The van der Waals surface area contributed by atoms with E-state index in [9.17, 15) is 4.79 Å². The van der Waals surface area contributed by atoms with Crippen molar-refractivity contribution in [3.63, 3.8) is 0 Å². The molecule has 0 aliphatic carbocycles. The third-order valence-electron chi connectivity index (χ3n) is 3.84. The zero-order valence-electron chi connectivity index (χ0n) is 13.6. The van der Waals surface area contributed by atoms with Crippen LogP contribution in [-0.2, 0) is 0 Å². The van der Waals surface area contributed by atoms with Crippen LogP contribution in [0.4, 0.5) is 5.69 Å². The number of carbonyl (C=O) groups is 1. The van der Waals surface area contributed by atoms with E-state index in [1.165, 1.54) is 5.56 Å². The number of aromatic nitrogens is 1. The second-order valence-corrected chi connectivity index (χ2v) is 5.71. The monoisotopic (exact) mass is 318 g/mol. The maximum absolute atomic E-state index is 11.1. The molecule has 2 aromatic carbocycles. The largest absolute Gasteiger partial charge is 0.478 e. The second kappa shape index (κ2) is 6.54. The van der Waals surface area contributed by atoms with Crippen molar-refractivity contribution in [2.75, 3.05) is 0 Å². The Hall–Kier alpha value is -3.14. The molecule has 24 heavy (non-hydrogen) atoms. The summed E-state index contributed by atoms with van der Waals surface area (Å²) in [6.07, 6.45) is 3.69. The summed E-state index contributed by atoms with van der Waals surface area (Å²) in [4.78, 5) is 15.7. The van der Waals surface area contributed by atoms with E-state index in [4.69, 9.17) is 5.11 Å². The number of nitrogens with zero attached hydrogens (tertiary/aromatic N) is 2. The fourth-order valence-corrected chi connectivity index (χ4v) is 2.61. The number of benzene rings is 2. The molecule has 0 fully saturated rings. The summed E-state index contributed by atoms with van der Waals surface area (Å²) < 4.78 is 1.92. The predicted octanol–water partition coefficient (Wildman–Crippen LogP) is 4.54. The molecule has 4 nitrogen and oxygen atoms in total. The van der Waals surface area contributed by atoms with Crippen LogP contribution in [0.15, 0.2) is 65.8 Å². The summed E-state index contributed by atoms with van der Waals surface area (Å²) in [5, 5.41) is 9.15. The summed E-state index contributed by atoms with van der Waals surface area (Å²) in [6, 6.07) is 16.8. The molecule has 0 aliphatic heterocycles. The molecule has 0 radical (unpaired) electrons. The van der Waals surface area contributed by atoms with Crippen molar-refractivity contribution in [1.82, 2.24) is 4.57 Å². The van der Waals surface area contributed by atoms with Gasteiger partial charge in [-0.2, -0.15) is 0 Å². The minimum absolute atomic E-state index is 0.262. The maximum Gasteiger partial charge on any atom is 0.335 e. The number of aliphatic imine (C=N–C) groups is 1. The van der Waals surface area contributed by atoms with Gasteiger partial charge >= 0.3 is 5.97 Å². The molecule has 3 aromatic rings. The summed E-state index contributed by atoms with van der Waals surface area (Å²) >= 11 is 0. The lowest BCUT2D eigenvalue weighted by atomic mass is 10.1. The molecule has 0 saturated heterocycles. The average molecular weight is 318 g/mol. The molecular formula is C20H18N2O2. The summed E-state index contributed by atoms with van der Waals surface area (Å²) in [5.74, 6) is -0.936. The van der Waals surface area contributed by atoms with Gasteiger partial charge in [0, 0.05) is 11.9 Å². The molecular weight excluding hydrogens is 300 g/mol. The highest BCUT2D eigenvalue weighted by Crippen LogP contribution is 2.20. The van der Waals surface area contributed by atoms with Crippen LogP contribution in [0.2, 0.25) is 0 Å². The van der Waals surface area contributed by atoms with Gasteiger partial charge < -0.3 is 9.67 Å². The minimum atomic E-state index is -0.936. The number of aromatic carboxylic acids is 1. The van der Waals surface area contributed by atoms with E-state index in [1.807, 2.05) is 48.0 Å². The highest BCUT2D eigenvalue weighted by Gasteiger charge is 2.06. The molecule has 3 rings (SSSR count). The van der Waals surface area contributed by atoms with E-state index < -0.39 is 5.97 Å². The zero-order chi connectivity index (χ0) is 17.1. The van der Waals surface area contributed by atoms with Crippen molar-refractivity contribution in [3.8, 4) is 5.69 Å². The van der Waals surface area contributed by atoms with Gasteiger partial charge in [-0.05, 0) is 55.8 Å². The fourth-order valence-electron chi connectivity index (χ4n) is 2.61. The van der Waals surface area contributed by atoms with Gasteiger partial charge in [-0.3, -0.25) is 4.99 Å². The summed E-state index contributed by atoms with van der Waals surface area (Å²) in [6.45, 7) is 4.09. The highest BCUT2D eigenvalue weighted by atomic mass is 16.4. The van der Waals surface area contributed by atoms with Crippen molar-refractivity contribution in [1.29, 1.82) is 0 Å². The predicted molar refractivity (Wildman–Crippen MR) is 95.9 cm³/mol. The van der Waals surface area contributed by atoms with Crippen molar-refractivity contribution < 1.29 is 9.90 Å². The van der Waals surface area contributed by atoms with Crippen LogP contribution in [0.3, 0.4) is 0 Å². The van der Waals surface area contributed by atoms with E-state index >= 15 is 0 Å². The lowest BCUT2D eigenvalue weighted by molar-refractivity contribution is 0.0697. The average Bonchev–Trinajstić information content (AvgIpc) is 3.02. The number of carboxylic acids is 1. The first-order valence-corrected chi connectivity index (χ1v) is 7.67. The molecule has 4 heteroatoms. The Bertz CT molecular complexity index is 923. The molecule has 120 valence electrons. The van der Waals surface area contributed by atoms with Crippen LogP contribution < -0.4 is 0 Å². The molecule has 0 spiro atoms. The number of hydrogen-bond acceptors (Lipinski definition) is 2. The van der Waals surface area contributed by atoms with Crippen LogP contribution in [0.25, 0.3) is 5.69 Å². The first-order valence-electron chi connectivity index (χ1n) is 7.67. The number of hydrogen-bond donors (Lipinski definition) is 1. The first kappa shape index (κ1) is 15.7. The maximum atomic E-state index is 11.1. The van der Waals surface area contributed by atoms with Gasteiger partial charge in [0.25, 0.3) is 0 Å². The molecule has 0 unspecified atom stereocenters. The Balaban J connectivity index is 1.95. The van der Waals surface area contributed by atoms with Crippen LogP contribution in [0.5, 0.6) is 0 Å². The molecule has 1 heterocycles. The van der Waals surface area contributed by atoms with Crippen LogP contribution in [-0.4, -0.2) is 21.9 Å². The lowest BCUT2D eigenvalue weighted by Crippen LogP contribution is -2.01. The third-order valence-corrected chi connectivity index (χ3v) is 3.84. The van der Waals surface area contributed by atoms with E-state index in [-0.39, 0.29) is 5.56 Å². The Labute approximate surface area is 140 Å². The molecule has 1 N–H and O–H groups in total. The Morgan fingerprint density at radius 3 is 2.67 bits per heavy atom. The quantitative estimate of drug-likeness (QED) is 0.718. The minimum Gasteiger partial charge on any atom is -0.478 e. The summed E-state index contributed by atoms with van der Waals surface area (Å²) in [5.41, 5.74) is 5.20. The van der Waals surface area contributed by atoms with Crippen molar-refractivity contribution in [3.05, 3.63) is 83.2 Å². The number of carboxylic acid groups (broad SMARTS) is 1. The third kappa shape index (κ3) is 3.27. The normalized spacial score (nSPS) is 11.1. The van der Waals surface area contributed by atoms with E-state index in [0.29, 0.717) is 0 Å². The lowest BCUT2D eigenvalue weighted by Gasteiger charge is -2.07. The SMILES string of the molecule is Cc1ccc(N=Cc2cccn2-c2cccc(C(=O)O)c2)c(C)c1. The van der Waals surface area contributed by atoms with Crippen molar-refractivity contribution >= 4 is 17.9 Å². The van der Waals surface area contributed by atoms with E-state index in [0.717, 1.165) is 22.6 Å². The van der Waals surface area contributed by atoms with E-state index in [1.54, 1.807) is 24.4 Å². The Morgan fingerprint density at radius 1 is 1.08 bits per heavy atom. The summed E-state index contributed by atoms with van der Waals surface area (Å²) in [7, 11) is 0. The van der Waals surface area contributed by atoms with Gasteiger partial charge in [0.1, 0.15) is 0 Å². The van der Waals surface area contributed by atoms with Gasteiger partial charge in [0.15, 0.2) is 0 Å². The molecule has 0 amide bonds. The smallest absolute Gasteiger partial charge is 0.335 e. The Kier molecular flexibility index (Phi) is 4.29. The number of aryl methyl sites for hydroxylation is 2. The molecule has 0 atom stereocenters. The van der Waals surface area contributed by atoms with E-state index in [2.05, 4.69) is 18.0 Å². The van der Waals surface area contributed by atoms with Gasteiger partial charge in [-0.1, -0.05) is 23.8 Å². The zero-order valence-corrected chi connectivity index (χ0v) is 13.6. The van der Waals surface area contributed by atoms with Crippen molar-refractivity contribution in [2.45, 2.75) is 13.8 Å². The van der Waals surface area contributed by atoms with Crippen molar-refractivity contribution in [2.24, 2.45) is 4.99 Å². The molecule has 0 bridgehead atoms. The molecule has 0 aliphatic rings. The highest BCUT2D eigenvalue weighted by molar-refractivity contribution is 5.88. The molecule has 0 saturated carbocycles. The fraction of sp³-hybridized carbons (Fsp3) is 0.100. The van der Waals surface area contributed by atoms with Gasteiger partial charge in [-0.25, -0.2) is 4.79 Å². The van der Waals surface area contributed by atoms with Gasteiger partial charge in [-0.15, -0.1) is 0 Å². The van der Waals surface area contributed by atoms with Crippen LogP contribution in [0.1, 0.15) is 27.2 Å². The van der Waals surface area contributed by atoms with Gasteiger partial charge in [0.2, 0.25) is 0 Å². The Morgan fingerprint density at radius 2 is 1.92 bits per heavy atom. The topological polar surface area (TPSA) is 54.6 Å². The first-order chi connectivity index (χ1) is 11.5. The van der Waals surface area contributed by atoms with Gasteiger partial charge in [0.05, 0.1) is 23.2 Å². The number of rotatable bonds is 4.